The average Bonchev–Trinajstić information content (AvgIpc) is 2.47. The topological polar surface area (TPSA) is 6.48 Å². The molecule has 0 aliphatic heterocycles. The standard InChI is InChI=1S/C15H24F3N2P/c1-5-19(6-2)21(20(7-3)8-4)14-11-9-13(10-12-14)15(16,17)18/h9-12H,5-8H2,1-4H3. The molecule has 1 aromatic carbocycles. The molecular weight excluding hydrogens is 296 g/mol. The molecule has 120 valence electrons. The van der Waals surface area contributed by atoms with Crippen LogP contribution in [-0.4, -0.2) is 35.5 Å². The Kier molecular flexibility index (Phi) is 7.11. The normalized spacial score (nSPS) is 12.7. The van der Waals surface area contributed by atoms with Crippen LogP contribution in [0.25, 0.3) is 0 Å². The Bertz CT molecular complexity index is 400. The van der Waals surface area contributed by atoms with E-state index in [4.69, 9.17) is 0 Å². The highest BCUT2D eigenvalue weighted by atomic mass is 31.1. The first-order valence-electron chi connectivity index (χ1n) is 7.36. The Morgan fingerprint density at radius 1 is 0.810 bits per heavy atom. The summed E-state index contributed by atoms with van der Waals surface area (Å²) in [5.74, 6) is 0. The van der Waals surface area contributed by atoms with Gasteiger partial charge in [-0.2, -0.15) is 13.2 Å². The van der Waals surface area contributed by atoms with E-state index in [-0.39, 0.29) is 0 Å². The summed E-state index contributed by atoms with van der Waals surface area (Å²) in [5.41, 5.74) is -0.583. The molecular formula is C15H24F3N2P. The SMILES string of the molecule is CCN(CC)P(c1ccc(C(F)(F)F)cc1)N(CC)CC. The molecule has 6 heteroatoms. The number of rotatable bonds is 7. The van der Waals surface area contributed by atoms with Crippen LogP contribution in [0.4, 0.5) is 13.2 Å². The summed E-state index contributed by atoms with van der Waals surface area (Å²) in [4.78, 5) is 0. The quantitative estimate of drug-likeness (QED) is 0.690. The summed E-state index contributed by atoms with van der Waals surface area (Å²) in [5, 5.41) is 0.977. The smallest absolute Gasteiger partial charge is 0.267 e. The highest BCUT2D eigenvalue weighted by Gasteiger charge is 2.31. The highest BCUT2D eigenvalue weighted by molar-refractivity contribution is 7.61. The zero-order chi connectivity index (χ0) is 16.0. The van der Waals surface area contributed by atoms with E-state index in [1.54, 1.807) is 12.1 Å². The lowest BCUT2D eigenvalue weighted by Gasteiger charge is -2.37. The fraction of sp³-hybridized carbons (Fsp3) is 0.600. The van der Waals surface area contributed by atoms with Gasteiger partial charge in [0.15, 0.2) is 0 Å². The van der Waals surface area contributed by atoms with Crippen LogP contribution in [0.3, 0.4) is 0 Å². The summed E-state index contributed by atoms with van der Waals surface area (Å²) in [6.07, 6.45) is -4.27. The van der Waals surface area contributed by atoms with Crippen molar-refractivity contribution in [2.24, 2.45) is 0 Å². The molecule has 0 aromatic heterocycles. The van der Waals surface area contributed by atoms with E-state index >= 15 is 0 Å². The third-order valence-corrected chi connectivity index (χ3v) is 6.38. The lowest BCUT2D eigenvalue weighted by atomic mass is 10.2. The molecule has 2 nitrogen and oxygen atoms in total. The molecule has 0 amide bonds. The van der Waals surface area contributed by atoms with Gasteiger partial charge < -0.3 is 0 Å². The van der Waals surface area contributed by atoms with E-state index in [0.717, 1.165) is 31.5 Å². The minimum Gasteiger partial charge on any atom is -0.267 e. The number of hydrogen-bond donors (Lipinski definition) is 0. The predicted octanol–water partition coefficient (Wildman–Crippen LogP) is 4.33. The van der Waals surface area contributed by atoms with Crippen LogP contribution in [-0.2, 0) is 6.18 Å². The van der Waals surface area contributed by atoms with Gasteiger partial charge in [-0.05, 0) is 12.1 Å². The van der Waals surface area contributed by atoms with Crippen molar-refractivity contribution < 1.29 is 13.2 Å². The van der Waals surface area contributed by atoms with Crippen LogP contribution >= 0.6 is 8.22 Å². The summed E-state index contributed by atoms with van der Waals surface area (Å²) in [7, 11) is -0.732. The lowest BCUT2D eigenvalue weighted by Crippen LogP contribution is -2.33. The fourth-order valence-corrected chi connectivity index (χ4v) is 4.77. The largest absolute Gasteiger partial charge is 0.416 e. The molecule has 1 rings (SSSR count). The van der Waals surface area contributed by atoms with Crippen LogP contribution in [0.5, 0.6) is 0 Å². The second-order valence-electron chi connectivity index (χ2n) is 4.61. The van der Waals surface area contributed by atoms with Gasteiger partial charge in [0.05, 0.1) is 13.8 Å². The molecule has 21 heavy (non-hydrogen) atoms. The van der Waals surface area contributed by atoms with Crippen molar-refractivity contribution in [3.05, 3.63) is 29.8 Å². The van der Waals surface area contributed by atoms with Gasteiger partial charge in [0, 0.05) is 31.5 Å². The number of hydrogen-bond acceptors (Lipinski definition) is 2. The number of nitrogens with zero attached hydrogens (tertiary/aromatic N) is 2. The summed E-state index contributed by atoms with van der Waals surface area (Å²) in [6, 6.07) is 5.64. The van der Waals surface area contributed by atoms with Gasteiger partial charge in [-0.15, -0.1) is 0 Å². The molecule has 0 bridgehead atoms. The molecule has 1 aromatic rings. The Balaban J connectivity index is 3.14. The first kappa shape index (κ1) is 18.4. The molecule has 0 spiro atoms. The second-order valence-corrected chi connectivity index (χ2v) is 6.84. The Hall–Kier alpha value is -0.640. The molecule has 0 saturated heterocycles. The molecule has 0 radical (unpaired) electrons. The highest BCUT2D eigenvalue weighted by Crippen LogP contribution is 2.43. The monoisotopic (exact) mass is 320 g/mol. The van der Waals surface area contributed by atoms with E-state index in [0.29, 0.717) is 0 Å². The maximum absolute atomic E-state index is 12.7. The van der Waals surface area contributed by atoms with Crippen molar-refractivity contribution in [2.45, 2.75) is 33.9 Å². The van der Waals surface area contributed by atoms with Gasteiger partial charge in [-0.1, -0.05) is 39.8 Å². The lowest BCUT2D eigenvalue weighted by molar-refractivity contribution is -0.137. The van der Waals surface area contributed by atoms with Gasteiger partial charge in [0.25, 0.3) is 0 Å². The van der Waals surface area contributed by atoms with Crippen molar-refractivity contribution in [2.75, 3.05) is 26.2 Å². The summed E-state index contributed by atoms with van der Waals surface area (Å²) < 4.78 is 42.7. The number of benzene rings is 1. The van der Waals surface area contributed by atoms with Gasteiger partial charge in [-0.3, -0.25) is 9.34 Å². The molecule has 0 unspecified atom stereocenters. The van der Waals surface area contributed by atoms with E-state index in [1.165, 1.54) is 12.1 Å². The van der Waals surface area contributed by atoms with Crippen LogP contribution in [0.1, 0.15) is 33.3 Å². The Morgan fingerprint density at radius 3 is 1.48 bits per heavy atom. The molecule has 0 aliphatic rings. The van der Waals surface area contributed by atoms with Crippen molar-refractivity contribution in [3.8, 4) is 0 Å². The van der Waals surface area contributed by atoms with Crippen molar-refractivity contribution in [1.29, 1.82) is 0 Å². The van der Waals surface area contributed by atoms with Gasteiger partial charge in [-0.25, -0.2) is 0 Å². The third-order valence-electron chi connectivity index (χ3n) is 3.42. The number of alkyl halides is 3. The minimum absolute atomic E-state index is 0.583. The molecule has 0 fully saturated rings. The molecule has 0 atom stereocenters. The Labute approximate surface area is 126 Å². The van der Waals surface area contributed by atoms with Crippen LogP contribution < -0.4 is 5.30 Å². The number of halogens is 3. The fourth-order valence-electron chi connectivity index (χ4n) is 2.27. The average molecular weight is 320 g/mol. The zero-order valence-electron chi connectivity index (χ0n) is 13.1. The first-order valence-corrected chi connectivity index (χ1v) is 8.60. The zero-order valence-corrected chi connectivity index (χ0v) is 14.0. The van der Waals surface area contributed by atoms with Crippen molar-refractivity contribution in [3.63, 3.8) is 0 Å². The van der Waals surface area contributed by atoms with Gasteiger partial charge >= 0.3 is 6.18 Å². The van der Waals surface area contributed by atoms with Crippen molar-refractivity contribution >= 4 is 13.5 Å². The van der Waals surface area contributed by atoms with Crippen LogP contribution in [0.2, 0.25) is 0 Å². The van der Waals surface area contributed by atoms with Gasteiger partial charge in [0.2, 0.25) is 0 Å². The third kappa shape index (κ3) is 4.67. The van der Waals surface area contributed by atoms with Gasteiger partial charge in [0.1, 0.15) is 0 Å². The molecule has 0 heterocycles. The molecule has 0 saturated carbocycles. The summed E-state index contributed by atoms with van der Waals surface area (Å²) >= 11 is 0. The minimum atomic E-state index is -4.27. The maximum Gasteiger partial charge on any atom is 0.416 e. The first-order chi connectivity index (χ1) is 9.88. The van der Waals surface area contributed by atoms with Crippen LogP contribution in [0, 0.1) is 0 Å². The van der Waals surface area contributed by atoms with Crippen molar-refractivity contribution in [1.82, 2.24) is 9.34 Å². The van der Waals surface area contributed by atoms with E-state index in [1.807, 2.05) is 0 Å². The van der Waals surface area contributed by atoms with E-state index in [2.05, 4.69) is 37.0 Å². The summed E-state index contributed by atoms with van der Waals surface area (Å²) in [6.45, 7) is 11.9. The molecule has 0 N–H and O–H groups in total. The molecule has 0 aliphatic carbocycles. The van der Waals surface area contributed by atoms with E-state index in [9.17, 15) is 13.2 Å². The van der Waals surface area contributed by atoms with Crippen LogP contribution in [0.15, 0.2) is 24.3 Å². The second kappa shape index (κ2) is 8.11. The predicted molar refractivity (Wildman–Crippen MR) is 83.8 cm³/mol. The maximum atomic E-state index is 12.7. The van der Waals surface area contributed by atoms with E-state index < -0.39 is 20.0 Å². The Morgan fingerprint density at radius 2 is 1.19 bits per heavy atom.